The molecule has 140 valence electrons. The van der Waals surface area contributed by atoms with Gasteiger partial charge in [0, 0.05) is 52.8 Å². The number of nitrogens with zero attached hydrogens (tertiary/aromatic N) is 4. The van der Waals surface area contributed by atoms with Crippen LogP contribution in [0.3, 0.4) is 0 Å². The largest absolute Gasteiger partial charge is 0.350 e. The average molecular weight is 434 g/mol. The molecule has 0 aliphatic rings. The molecular formula is C23H22BrN4+. The van der Waals surface area contributed by atoms with Gasteiger partial charge in [0.05, 0.1) is 25.2 Å². The number of hydrogen-bond donors (Lipinski definition) is 0. The van der Waals surface area contributed by atoms with E-state index in [-0.39, 0.29) is 0 Å². The first-order chi connectivity index (χ1) is 13.5. The van der Waals surface area contributed by atoms with Crippen LogP contribution in [0.5, 0.6) is 0 Å². The van der Waals surface area contributed by atoms with Crippen LogP contribution in [0.4, 0.5) is 0 Å². The monoisotopic (exact) mass is 433 g/mol. The third kappa shape index (κ3) is 2.39. The highest BCUT2D eigenvalue weighted by molar-refractivity contribution is 9.10. The number of imidazole rings is 1. The molecule has 5 rings (SSSR count). The van der Waals surface area contributed by atoms with Crippen molar-refractivity contribution in [2.75, 3.05) is 0 Å². The van der Waals surface area contributed by atoms with Gasteiger partial charge in [-0.25, -0.2) is 9.13 Å². The summed E-state index contributed by atoms with van der Waals surface area (Å²) in [6, 6.07) is 15.1. The lowest BCUT2D eigenvalue weighted by Crippen LogP contribution is -2.28. The smallest absolute Gasteiger partial charge is 0.291 e. The summed E-state index contributed by atoms with van der Waals surface area (Å²) in [5, 5.41) is 2.53. The fourth-order valence-electron chi connectivity index (χ4n) is 4.38. The number of rotatable bonds is 2. The molecule has 0 bridgehead atoms. The molecule has 0 aliphatic carbocycles. The van der Waals surface area contributed by atoms with Gasteiger partial charge in [-0.2, -0.15) is 0 Å². The lowest BCUT2D eigenvalue weighted by Gasteiger charge is -2.00. The summed E-state index contributed by atoms with van der Waals surface area (Å²) in [5.41, 5.74) is 6.17. The fraction of sp³-hybridized carbons (Fsp3) is 0.174. The van der Waals surface area contributed by atoms with Crippen LogP contribution in [-0.2, 0) is 28.2 Å². The molecule has 0 saturated heterocycles. The first-order valence-electron chi connectivity index (χ1n) is 9.30. The summed E-state index contributed by atoms with van der Waals surface area (Å²) in [7, 11) is 8.50. The molecule has 0 spiro atoms. The Labute approximate surface area is 172 Å². The number of aromatic nitrogens is 4. The number of aryl methyl sites for hydroxylation is 3. The Hall–Kier alpha value is -2.79. The van der Waals surface area contributed by atoms with E-state index in [1.165, 1.54) is 44.5 Å². The molecule has 3 heterocycles. The number of para-hydroxylation sites is 1. The number of fused-ring (bicyclic) bond motifs is 2. The van der Waals surface area contributed by atoms with Crippen LogP contribution in [0.1, 0.15) is 0 Å². The van der Waals surface area contributed by atoms with Crippen molar-refractivity contribution in [3.63, 3.8) is 0 Å². The van der Waals surface area contributed by atoms with Crippen molar-refractivity contribution in [3.05, 3.63) is 65.5 Å². The van der Waals surface area contributed by atoms with Crippen LogP contribution in [-0.4, -0.2) is 13.7 Å². The summed E-state index contributed by atoms with van der Waals surface area (Å²) in [4.78, 5) is 0. The van der Waals surface area contributed by atoms with Crippen molar-refractivity contribution in [2.24, 2.45) is 28.2 Å². The van der Waals surface area contributed by atoms with Crippen LogP contribution >= 0.6 is 15.9 Å². The third-order valence-electron chi connectivity index (χ3n) is 5.70. The van der Waals surface area contributed by atoms with Gasteiger partial charge in [0.1, 0.15) is 6.20 Å². The van der Waals surface area contributed by atoms with Crippen molar-refractivity contribution in [1.29, 1.82) is 0 Å². The minimum Gasteiger partial charge on any atom is -0.350 e. The zero-order chi connectivity index (χ0) is 19.6. The average Bonchev–Trinajstić information content (AvgIpc) is 3.27. The van der Waals surface area contributed by atoms with E-state index < -0.39 is 0 Å². The molecule has 0 atom stereocenters. The third-order valence-corrected chi connectivity index (χ3v) is 6.19. The van der Waals surface area contributed by atoms with E-state index in [1.807, 2.05) is 0 Å². The van der Waals surface area contributed by atoms with Gasteiger partial charge in [-0.1, -0.05) is 40.2 Å². The zero-order valence-corrected chi connectivity index (χ0v) is 18.0. The Morgan fingerprint density at radius 2 is 1.50 bits per heavy atom. The molecule has 0 radical (unpaired) electrons. The lowest BCUT2D eigenvalue weighted by molar-refractivity contribution is -0.659. The molecule has 0 fully saturated rings. The minimum absolute atomic E-state index is 1.10. The molecule has 5 heteroatoms. The summed E-state index contributed by atoms with van der Waals surface area (Å²) >= 11 is 3.59. The van der Waals surface area contributed by atoms with E-state index in [0.29, 0.717) is 0 Å². The molecule has 0 N–H and O–H groups in total. The van der Waals surface area contributed by atoms with E-state index in [0.717, 1.165) is 4.47 Å². The van der Waals surface area contributed by atoms with Gasteiger partial charge in [0.25, 0.3) is 5.82 Å². The maximum atomic E-state index is 3.59. The molecule has 5 aromatic rings. The highest BCUT2D eigenvalue weighted by Crippen LogP contribution is 2.34. The van der Waals surface area contributed by atoms with Crippen molar-refractivity contribution in [3.8, 4) is 22.6 Å². The maximum Gasteiger partial charge on any atom is 0.291 e. The maximum absolute atomic E-state index is 3.59. The lowest BCUT2D eigenvalue weighted by atomic mass is 10.1. The van der Waals surface area contributed by atoms with Crippen LogP contribution in [0.25, 0.3) is 44.5 Å². The standard InChI is InChI=1S/C23H22BrN4/c1-25-12-18(16-7-5-6-8-20(16)25)22-14-27(3)23(28(22)4)19-13-26(2)21-11-15(24)9-10-17(19)21/h5-14H,1-4H3/q+1. The topological polar surface area (TPSA) is 18.7 Å². The molecular weight excluding hydrogens is 412 g/mol. The normalized spacial score (nSPS) is 11.8. The molecule has 0 aliphatic heterocycles. The van der Waals surface area contributed by atoms with E-state index in [4.69, 9.17) is 0 Å². The first-order valence-corrected chi connectivity index (χ1v) is 10.1. The second-order valence-corrected chi connectivity index (χ2v) is 8.41. The molecule has 3 aromatic heterocycles. The van der Waals surface area contributed by atoms with E-state index in [9.17, 15) is 0 Å². The number of halogens is 1. The summed E-state index contributed by atoms with van der Waals surface area (Å²) < 4.78 is 10.0. The first kappa shape index (κ1) is 17.3. The Morgan fingerprint density at radius 3 is 2.32 bits per heavy atom. The van der Waals surface area contributed by atoms with E-state index in [2.05, 4.69) is 123 Å². The second kappa shape index (κ2) is 6.11. The minimum atomic E-state index is 1.10. The van der Waals surface area contributed by atoms with Crippen molar-refractivity contribution in [1.82, 2.24) is 13.7 Å². The van der Waals surface area contributed by atoms with E-state index in [1.54, 1.807) is 0 Å². The van der Waals surface area contributed by atoms with Gasteiger partial charge in [-0.15, -0.1) is 0 Å². The van der Waals surface area contributed by atoms with Gasteiger partial charge in [0.15, 0.2) is 5.69 Å². The molecule has 0 unspecified atom stereocenters. The van der Waals surface area contributed by atoms with Gasteiger partial charge in [-0.05, 0) is 18.2 Å². The SMILES string of the molecule is Cn1c(-c2cn(C)c3ccccc23)c[n+](C)c1-c1cn(C)c2cc(Br)ccc12. The van der Waals surface area contributed by atoms with Crippen LogP contribution in [0.15, 0.2) is 65.5 Å². The molecule has 4 nitrogen and oxygen atoms in total. The Bertz CT molecular complexity index is 1370. The number of benzene rings is 2. The number of hydrogen-bond acceptors (Lipinski definition) is 0. The Balaban J connectivity index is 1.78. The van der Waals surface area contributed by atoms with Gasteiger partial charge in [0.2, 0.25) is 0 Å². The fourth-order valence-corrected chi connectivity index (χ4v) is 4.73. The molecule has 2 aromatic carbocycles. The summed E-state index contributed by atoms with van der Waals surface area (Å²) in [6.45, 7) is 0. The predicted octanol–water partition coefficient (Wildman–Crippen LogP) is 4.93. The molecule has 0 saturated carbocycles. The van der Waals surface area contributed by atoms with Gasteiger partial charge < -0.3 is 9.13 Å². The van der Waals surface area contributed by atoms with Crippen LogP contribution in [0, 0.1) is 0 Å². The van der Waals surface area contributed by atoms with Crippen molar-refractivity contribution in [2.45, 2.75) is 0 Å². The van der Waals surface area contributed by atoms with Crippen molar-refractivity contribution >= 4 is 37.7 Å². The quantitative estimate of drug-likeness (QED) is 0.351. The molecule has 0 amide bonds. The van der Waals surface area contributed by atoms with Crippen molar-refractivity contribution < 1.29 is 4.57 Å². The zero-order valence-electron chi connectivity index (χ0n) is 16.4. The van der Waals surface area contributed by atoms with E-state index >= 15 is 0 Å². The Kier molecular flexibility index (Phi) is 3.78. The summed E-state index contributed by atoms with van der Waals surface area (Å²) in [5.74, 6) is 1.19. The summed E-state index contributed by atoms with van der Waals surface area (Å²) in [6.07, 6.45) is 6.68. The molecule has 28 heavy (non-hydrogen) atoms. The van der Waals surface area contributed by atoms with Crippen LogP contribution < -0.4 is 4.57 Å². The van der Waals surface area contributed by atoms with Crippen LogP contribution in [0.2, 0.25) is 0 Å². The van der Waals surface area contributed by atoms with Gasteiger partial charge >= 0.3 is 0 Å². The highest BCUT2D eigenvalue weighted by Gasteiger charge is 2.26. The predicted molar refractivity (Wildman–Crippen MR) is 118 cm³/mol. The Morgan fingerprint density at radius 1 is 0.821 bits per heavy atom. The highest BCUT2D eigenvalue weighted by atomic mass is 79.9. The second-order valence-electron chi connectivity index (χ2n) is 7.49. The van der Waals surface area contributed by atoms with Gasteiger partial charge in [-0.3, -0.25) is 0 Å².